The molecule has 0 aliphatic rings. The third-order valence-corrected chi connectivity index (χ3v) is 2.84. The molecule has 0 aromatic heterocycles. The Labute approximate surface area is 81.4 Å². The van der Waals surface area contributed by atoms with Crippen LogP contribution in [0.1, 0.15) is 6.42 Å². The summed E-state index contributed by atoms with van der Waals surface area (Å²) in [6, 6.07) is 0. The van der Waals surface area contributed by atoms with E-state index in [2.05, 4.69) is 0 Å². The van der Waals surface area contributed by atoms with Gasteiger partial charge in [-0.05, 0) is 12.2 Å². The molecule has 1 unspecified atom stereocenters. The molecule has 0 aromatic rings. The average molecular weight is 213 g/mol. The summed E-state index contributed by atoms with van der Waals surface area (Å²) in [4.78, 5) is 10.2. The van der Waals surface area contributed by atoms with Crippen LogP contribution in [0, 0.1) is 0 Å². The molecule has 0 amide bonds. The van der Waals surface area contributed by atoms with Crippen molar-refractivity contribution in [3.05, 3.63) is 0 Å². The molecule has 0 spiro atoms. The monoisotopic (exact) mass is 212 g/mol. The van der Waals surface area contributed by atoms with Crippen molar-refractivity contribution in [2.45, 2.75) is 11.8 Å². The van der Waals surface area contributed by atoms with Crippen LogP contribution in [0.5, 0.6) is 0 Å². The van der Waals surface area contributed by atoms with E-state index in [4.69, 9.17) is 21.4 Å². The maximum absolute atomic E-state index is 10.2. The van der Waals surface area contributed by atoms with Gasteiger partial charge in [-0.2, -0.15) is 11.8 Å². The number of thioether (sulfide) groups is 1. The molecule has 0 aliphatic heterocycles. The quantitative estimate of drug-likeness (QED) is 0.513. The maximum atomic E-state index is 10.2. The van der Waals surface area contributed by atoms with E-state index < -0.39 is 11.3 Å². The molecule has 1 N–H and O–H groups in total. The topological polar surface area (TPSA) is 46.5 Å². The summed E-state index contributed by atoms with van der Waals surface area (Å²) >= 11 is 7.01. The van der Waals surface area contributed by atoms with Gasteiger partial charge in [0, 0.05) is 19.5 Å². The van der Waals surface area contributed by atoms with Crippen LogP contribution in [0.4, 0.5) is 0 Å². The van der Waals surface area contributed by atoms with Crippen molar-refractivity contribution >= 4 is 29.3 Å². The minimum absolute atomic E-state index is 0.459. The van der Waals surface area contributed by atoms with E-state index in [1.165, 1.54) is 11.8 Å². The van der Waals surface area contributed by atoms with Gasteiger partial charge in [0.05, 0.1) is 0 Å². The number of carbonyl (C=O) groups is 1. The lowest BCUT2D eigenvalue weighted by Crippen LogP contribution is -2.15. The molecule has 0 aliphatic carbocycles. The summed E-state index contributed by atoms with van der Waals surface area (Å²) < 4.78 is 4.83. The zero-order valence-electron chi connectivity index (χ0n) is 6.96. The molecular weight excluding hydrogens is 200 g/mol. The second kappa shape index (κ2) is 7.71. The summed E-state index contributed by atoms with van der Waals surface area (Å²) in [6.45, 7) is 0.715. The molecule has 0 saturated heterocycles. The van der Waals surface area contributed by atoms with Crippen molar-refractivity contribution in [1.29, 1.82) is 0 Å². The zero-order chi connectivity index (χ0) is 9.40. The SMILES string of the molecule is COCCCSCC(Cl)C(=O)O. The predicted molar refractivity (Wildman–Crippen MR) is 51.1 cm³/mol. The van der Waals surface area contributed by atoms with Crippen molar-refractivity contribution in [2.75, 3.05) is 25.2 Å². The first-order valence-electron chi connectivity index (χ1n) is 3.62. The minimum atomic E-state index is -0.948. The summed E-state index contributed by atoms with van der Waals surface area (Å²) in [5, 5.41) is 7.65. The van der Waals surface area contributed by atoms with E-state index in [0.29, 0.717) is 12.4 Å². The number of aliphatic carboxylic acids is 1. The first-order chi connectivity index (χ1) is 5.68. The van der Waals surface area contributed by atoms with Crippen LogP contribution in [0.25, 0.3) is 0 Å². The van der Waals surface area contributed by atoms with Crippen molar-refractivity contribution in [3.63, 3.8) is 0 Å². The van der Waals surface area contributed by atoms with Gasteiger partial charge < -0.3 is 9.84 Å². The van der Waals surface area contributed by atoms with E-state index in [-0.39, 0.29) is 0 Å². The highest BCUT2D eigenvalue weighted by atomic mass is 35.5. The van der Waals surface area contributed by atoms with E-state index in [9.17, 15) is 4.79 Å². The molecule has 1 atom stereocenters. The molecule has 72 valence electrons. The number of hydrogen-bond donors (Lipinski definition) is 1. The maximum Gasteiger partial charge on any atom is 0.322 e. The summed E-state index contributed by atoms with van der Waals surface area (Å²) in [5.41, 5.74) is 0. The van der Waals surface area contributed by atoms with Gasteiger partial charge in [0.15, 0.2) is 0 Å². The number of methoxy groups -OCH3 is 1. The number of halogens is 1. The lowest BCUT2D eigenvalue weighted by atomic mass is 10.5. The Balaban J connectivity index is 3.14. The standard InChI is InChI=1S/C7H13ClO3S/c1-11-3-2-4-12-5-6(8)7(9)10/h6H,2-5H2,1H3,(H,9,10). The largest absolute Gasteiger partial charge is 0.480 e. The van der Waals surface area contributed by atoms with E-state index in [1.54, 1.807) is 7.11 Å². The highest BCUT2D eigenvalue weighted by Crippen LogP contribution is 2.09. The Morgan fingerprint density at radius 2 is 2.42 bits per heavy atom. The van der Waals surface area contributed by atoms with Gasteiger partial charge in [-0.3, -0.25) is 4.79 Å². The Hall–Kier alpha value is 0.0700. The molecule has 0 bridgehead atoms. The van der Waals surface area contributed by atoms with Crippen molar-refractivity contribution in [1.82, 2.24) is 0 Å². The highest BCUT2D eigenvalue weighted by molar-refractivity contribution is 7.99. The molecule has 5 heteroatoms. The van der Waals surface area contributed by atoms with Crippen LogP contribution in [-0.4, -0.2) is 41.7 Å². The predicted octanol–water partition coefficient (Wildman–Crippen LogP) is 1.45. The van der Waals surface area contributed by atoms with Gasteiger partial charge in [-0.1, -0.05) is 0 Å². The fourth-order valence-corrected chi connectivity index (χ4v) is 1.67. The molecular formula is C7H13ClO3S. The highest BCUT2D eigenvalue weighted by Gasteiger charge is 2.12. The third-order valence-electron chi connectivity index (χ3n) is 1.17. The summed E-state index contributed by atoms with van der Waals surface area (Å²) in [5.74, 6) is 0.404. The van der Waals surface area contributed by atoms with Crippen LogP contribution in [0.3, 0.4) is 0 Å². The van der Waals surface area contributed by atoms with Gasteiger partial charge in [0.1, 0.15) is 5.38 Å². The van der Waals surface area contributed by atoms with E-state index >= 15 is 0 Å². The number of alkyl halides is 1. The van der Waals surface area contributed by atoms with Crippen LogP contribution in [-0.2, 0) is 9.53 Å². The van der Waals surface area contributed by atoms with Crippen LogP contribution in [0.15, 0.2) is 0 Å². The lowest BCUT2D eigenvalue weighted by molar-refractivity contribution is -0.136. The van der Waals surface area contributed by atoms with Gasteiger partial charge >= 0.3 is 5.97 Å². The third kappa shape index (κ3) is 6.76. The number of hydrogen-bond acceptors (Lipinski definition) is 3. The molecule has 0 rings (SSSR count). The van der Waals surface area contributed by atoms with Gasteiger partial charge in [0.2, 0.25) is 0 Å². The van der Waals surface area contributed by atoms with E-state index in [0.717, 1.165) is 12.2 Å². The Morgan fingerprint density at radius 3 is 2.92 bits per heavy atom. The summed E-state index contributed by atoms with van der Waals surface area (Å²) in [6.07, 6.45) is 0.935. The second-order valence-electron chi connectivity index (χ2n) is 2.23. The van der Waals surface area contributed by atoms with Crippen LogP contribution < -0.4 is 0 Å². The normalized spacial score (nSPS) is 12.8. The molecule has 12 heavy (non-hydrogen) atoms. The summed E-state index contributed by atoms with van der Waals surface area (Å²) in [7, 11) is 1.65. The Morgan fingerprint density at radius 1 is 1.75 bits per heavy atom. The van der Waals surface area contributed by atoms with Gasteiger partial charge in [-0.25, -0.2) is 0 Å². The molecule has 0 radical (unpaired) electrons. The Kier molecular flexibility index (Phi) is 7.75. The smallest absolute Gasteiger partial charge is 0.322 e. The van der Waals surface area contributed by atoms with E-state index in [1.807, 2.05) is 0 Å². The number of ether oxygens (including phenoxy) is 1. The first kappa shape index (κ1) is 12.1. The van der Waals surface area contributed by atoms with Crippen LogP contribution >= 0.6 is 23.4 Å². The van der Waals surface area contributed by atoms with Gasteiger partial charge in [-0.15, -0.1) is 11.6 Å². The first-order valence-corrected chi connectivity index (χ1v) is 5.21. The fraction of sp³-hybridized carbons (Fsp3) is 0.857. The zero-order valence-corrected chi connectivity index (χ0v) is 8.53. The van der Waals surface area contributed by atoms with Gasteiger partial charge in [0.25, 0.3) is 0 Å². The van der Waals surface area contributed by atoms with Crippen molar-refractivity contribution in [2.24, 2.45) is 0 Å². The number of carboxylic acids is 1. The lowest BCUT2D eigenvalue weighted by Gasteiger charge is -2.03. The fourth-order valence-electron chi connectivity index (χ4n) is 0.563. The molecule has 0 fully saturated rings. The average Bonchev–Trinajstić information content (AvgIpc) is 2.03. The second-order valence-corrected chi connectivity index (χ2v) is 3.90. The molecule has 0 aromatic carbocycles. The Bertz CT molecular complexity index is 132. The number of rotatable bonds is 7. The van der Waals surface area contributed by atoms with Crippen LogP contribution in [0.2, 0.25) is 0 Å². The minimum Gasteiger partial charge on any atom is -0.480 e. The molecule has 0 saturated carbocycles. The van der Waals surface area contributed by atoms with Crippen molar-refractivity contribution < 1.29 is 14.6 Å². The molecule has 0 heterocycles. The van der Waals surface area contributed by atoms with Crippen molar-refractivity contribution in [3.8, 4) is 0 Å². The molecule has 3 nitrogen and oxygen atoms in total. The number of carboxylic acid groups (broad SMARTS) is 1.